The summed E-state index contributed by atoms with van der Waals surface area (Å²) >= 11 is 0. The van der Waals surface area contributed by atoms with Gasteiger partial charge < -0.3 is 21.0 Å². The zero-order valence-electron chi connectivity index (χ0n) is 12.0. The Kier molecular flexibility index (Phi) is 4.79. The first-order valence-corrected chi connectivity index (χ1v) is 6.92. The van der Waals surface area contributed by atoms with E-state index in [0.29, 0.717) is 32.6 Å². The number of rotatable bonds is 5. The predicted octanol–water partition coefficient (Wildman–Crippen LogP) is -0.0690. The first kappa shape index (κ1) is 15.3. The molecule has 1 atom stereocenters. The number of aromatic nitrogens is 2. The van der Waals surface area contributed by atoms with Crippen molar-refractivity contribution in [3.63, 3.8) is 0 Å². The number of ether oxygens (including phenoxy) is 1. The minimum atomic E-state index is -0.995. The molecule has 2 rings (SSSR count). The summed E-state index contributed by atoms with van der Waals surface area (Å²) in [7, 11) is 0. The summed E-state index contributed by atoms with van der Waals surface area (Å²) in [5.41, 5.74) is 4.77. The van der Waals surface area contributed by atoms with Gasteiger partial charge in [-0.05, 0) is 25.8 Å². The summed E-state index contributed by atoms with van der Waals surface area (Å²) < 4.78 is 7.01. The molecular formula is C13H21N5O3. The van der Waals surface area contributed by atoms with Crippen molar-refractivity contribution in [3.05, 3.63) is 18.5 Å². The topological polar surface area (TPSA) is 115 Å². The highest BCUT2D eigenvalue weighted by Gasteiger charge is 2.44. The van der Waals surface area contributed by atoms with E-state index in [2.05, 4.69) is 15.6 Å². The monoisotopic (exact) mass is 295 g/mol. The van der Waals surface area contributed by atoms with E-state index < -0.39 is 5.41 Å². The van der Waals surface area contributed by atoms with Crippen molar-refractivity contribution in [2.45, 2.75) is 32.4 Å². The van der Waals surface area contributed by atoms with Gasteiger partial charge >= 0.3 is 0 Å². The van der Waals surface area contributed by atoms with Crippen molar-refractivity contribution < 1.29 is 14.7 Å². The average Bonchev–Trinajstić information content (AvgIpc) is 2.99. The molecule has 1 saturated heterocycles. The fourth-order valence-electron chi connectivity index (χ4n) is 2.51. The molecule has 1 fully saturated rings. The third kappa shape index (κ3) is 3.33. The predicted molar refractivity (Wildman–Crippen MR) is 75.7 cm³/mol. The van der Waals surface area contributed by atoms with Crippen molar-refractivity contribution in [2.75, 3.05) is 13.2 Å². The molecule has 0 radical (unpaired) electrons. The Morgan fingerprint density at radius 2 is 2.33 bits per heavy atom. The number of oxime groups is 1. The highest BCUT2D eigenvalue weighted by Crippen LogP contribution is 2.31. The lowest BCUT2D eigenvalue weighted by Crippen LogP contribution is -2.54. The molecule has 0 bridgehead atoms. The van der Waals surface area contributed by atoms with Crippen LogP contribution in [-0.2, 0) is 16.1 Å². The minimum Gasteiger partial charge on any atom is -0.409 e. The van der Waals surface area contributed by atoms with Gasteiger partial charge in [-0.3, -0.25) is 9.48 Å². The largest absolute Gasteiger partial charge is 0.409 e. The average molecular weight is 295 g/mol. The second-order valence-corrected chi connectivity index (χ2v) is 5.28. The van der Waals surface area contributed by atoms with Gasteiger partial charge in [0.05, 0.1) is 6.54 Å². The molecule has 1 aromatic heterocycles. The minimum absolute atomic E-state index is 0.0606. The van der Waals surface area contributed by atoms with E-state index in [4.69, 9.17) is 15.7 Å². The van der Waals surface area contributed by atoms with Crippen LogP contribution in [0.2, 0.25) is 0 Å². The molecule has 1 unspecified atom stereocenters. The van der Waals surface area contributed by atoms with E-state index in [0.717, 1.165) is 0 Å². The molecule has 21 heavy (non-hydrogen) atoms. The molecule has 0 saturated carbocycles. The molecule has 1 amide bonds. The summed E-state index contributed by atoms with van der Waals surface area (Å²) in [4.78, 5) is 12.6. The number of nitrogens with one attached hydrogen (secondary N) is 1. The van der Waals surface area contributed by atoms with E-state index in [-0.39, 0.29) is 17.8 Å². The van der Waals surface area contributed by atoms with Gasteiger partial charge in [0, 0.05) is 31.6 Å². The highest BCUT2D eigenvalue weighted by molar-refractivity contribution is 6.06. The molecule has 2 heterocycles. The second kappa shape index (κ2) is 6.57. The van der Waals surface area contributed by atoms with Gasteiger partial charge in [-0.1, -0.05) is 5.16 Å². The molecular weight excluding hydrogens is 274 g/mol. The summed E-state index contributed by atoms with van der Waals surface area (Å²) in [6.45, 7) is 3.27. The number of hydrogen-bond acceptors (Lipinski definition) is 5. The Labute approximate surface area is 122 Å². The van der Waals surface area contributed by atoms with Crippen LogP contribution in [0.5, 0.6) is 0 Å². The van der Waals surface area contributed by atoms with Gasteiger partial charge in [0.15, 0.2) is 5.84 Å². The molecule has 8 heteroatoms. The lowest BCUT2D eigenvalue weighted by molar-refractivity contribution is -0.132. The molecule has 8 nitrogen and oxygen atoms in total. The SMILES string of the molecule is CC(Cn1cccn1)NC(=O)C1(C(N)=NO)CCOCC1. The first-order chi connectivity index (χ1) is 10.1. The lowest BCUT2D eigenvalue weighted by Gasteiger charge is -2.35. The zero-order valence-corrected chi connectivity index (χ0v) is 12.0. The van der Waals surface area contributed by atoms with Crippen molar-refractivity contribution in [3.8, 4) is 0 Å². The summed E-state index contributed by atoms with van der Waals surface area (Å²) in [6.07, 6.45) is 4.33. The van der Waals surface area contributed by atoms with Crippen LogP contribution in [0.15, 0.2) is 23.6 Å². The molecule has 0 aliphatic carbocycles. The van der Waals surface area contributed by atoms with Crippen molar-refractivity contribution in [1.29, 1.82) is 0 Å². The van der Waals surface area contributed by atoms with Gasteiger partial charge in [-0.2, -0.15) is 5.10 Å². The standard InChI is InChI=1S/C13H21N5O3/c1-10(9-18-6-2-5-15-18)16-12(19)13(11(14)17-20)3-7-21-8-4-13/h2,5-6,10,20H,3-4,7-9H2,1H3,(H2,14,17)(H,16,19). The van der Waals surface area contributed by atoms with Crippen LogP contribution in [0.25, 0.3) is 0 Å². The van der Waals surface area contributed by atoms with Crippen molar-refractivity contribution >= 4 is 11.7 Å². The van der Waals surface area contributed by atoms with E-state index in [9.17, 15) is 4.79 Å². The fraction of sp³-hybridized carbons (Fsp3) is 0.615. The Morgan fingerprint density at radius 3 is 2.90 bits per heavy atom. The molecule has 0 spiro atoms. The van der Waals surface area contributed by atoms with Crippen LogP contribution >= 0.6 is 0 Å². The smallest absolute Gasteiger partial charge is 0.234 e. The number of nitrogens with two attached hydrogens (primary N) is 1. The van der Waals surface area contributed by atoms with Gasteiger partial charge in [-0.25, -0.2) is 0 Å². The number of nitrogens with zero attached hydrogens (tertiary/aromatic N) is 3. The van der Waals surface area contributed by atoms with E-state index in [1.54, 1.807) is 10.9 Å². The quantitative estimate of drug-likeness (QED) is 0.304. The van der Waals surface area contributed by atoms with Gasteiger partial charge in [0.25, 0.3) is 0 Å². The number of carbonyl (C=O) groups is 1. The first-order valence-electron chi connectivity index (χ1n) is 6.92. The maximum absolute atomic E-state index is 12.6. The van der Waals surface area contributed by atoms with Crippen LogP contribution in [0, 0.1) is 5.41 Å². The van der Waals surface area contributed by atoms with Crippen LogP contribution < -0.4 is 11.1 Å². The number of amides is 1. The molecule has 4 N–H and O–H groups in total. The van der Waals surface area contributed by atoms with Gasteiger partial charge in [-0.15, -0.1) is 0 Å². The molecule has 1 aliphatic rings. The Balaban J connectivity index is 2.04. The second-order valence-electron chi connectivity index (χ2n) is 5.28. The van der Waals surface area contributed by atoms with E-state index in [1.807, 2.05) is 19.2 Å². The normalized spacial score (nSPS) is 20.0. The van der Waals surface area contributed by atoms with Crippen LogP contribution in [0.3, 0.4) is 0 Å². The zero-order chi connectivity index (χ0) is 15.3. The molecule has 1 aromatic rings. The third-order valence-corrected chi connectivity index (χ3v) is 3.78. The maximum Gasteiger partial charge on any atom is 0.234 e. The van der Waals surface area contributed by atoms with Crippen molar-refractivity contribution in [1.82, 2.24) is 15.1 Å². The highest BCUT2D eigenvalue weighted by atomic mass is 16.5. The number of carbonyl (C=O) groups excluding carboxylic acids is 1. The molecule has 1 aliphatic heterocycles. The summed E-state index contributed by atoms with van der Waals surface area (Å²) in [5, 5.41) is 19.0. The van der Waals surface area contributed by atoms with Gasteiger partial charge in [0.2, 0.25) is 5.91 Å². The van der Waals surface area contributed by atoms with Crippen LogP contribution in [0.4, 0.5) is 0 Å². The van der Waals surface area contributed by atoms with Crippen molar-refractivity contribution in [2.24, 2.45) is 16.3 Å². The van der Waals surface area contributed by atoms with Gasteiger partial charge in [0.1, 0.15) is 5.41 Å². The lowest BCUT2D eigenvalue weighted by atomic mass is 9.78. The summed E-state index contributed by atoms with van der Waals surface area (Å²) in [6, 6.07) is 1.70. The Hall–Kier alpha value is -2.09. The van der Waals surface area contributed by atoms with E-state index >= 15 is 0 Å². The molecule has 0 aromatic carbocycles. The molecule has 116 valence electrons. The van der Waals surface area contributed by atoms with Crippen LogP contribution in [0.1, 0.15) is 19.8 Å². The van der Waals surface area contributed by atoms with E-state index in [1.165, 1.54) is 0 Å². The third-order valence-electron chi connectivity index (χ3n) is 3.78. The fourth-order valence-corrected chi connectivity index (χ4v) is 2.51. The Bertz CT molecular complexity index is 494. The maximum atomic E-state index is 12.6. The van der Waals surface area contributed by atoms with Crippen LogP contribution in [-0.4, -0.2) is 46.0 Å². The summed E-state index contributed by atoms with van der Waals surface area (Å²) in [5.74, 6) is -0.296. The number of amidine groups is 1. The Morgan fingerprint density at radius 1 is 1.62 bits per heavy atom. The number of hydrogen-bond donors (Lipinski definition) is 3.